The van der Waals surface area contributed by atoms with Crippen LogP contribution in [0.1, 0.15) is 18.1 Å². The zero-order valence-electron chi connectivity index (χ0n) is 7.67. The van der Waals surface area contributed by atoms with E-state index in [4.69, 9.17) is 5.73 Å². The van der Waals surface area contributed by atoms with Crippen molar-refractivity contribution < 1.29 is 13.2 Å². The number of hydrogen-bond acceptors (Lipinski definition) is 3. The van der Waals surface area contributed by atoms with Gasteiger partial charge < -0.3 is 10.3 Å². The minimum Gasteiger partial charge on any atom is -0.324 e. The normalized spacial score (nSPS) is 12.1. The maximum Gasteiger partial charge on any atom is 0.389 e. The molecule has 80 valence electrons. The Labute approximate surface area is 78.9 Å². The Hall–Kier alpha value is -1.11. The van der Waals surface area contributed by atoms with Crippen LogP contribution in [0.25, 0.3) is 0 Å². The molecule has 4 nitrogen and oxygen atoms in total. The maximum absolute atomic E-state index is 11.9. The molecule has 0 aliphatic carbocycles. The fourth-order valence-electron chi connectivity index (χ4n) is 1.05. The minimum absolute atomic E-state index is 0.160. The fourth-order valence-corrected chi connectivity index (χ4v) is 1.05. The summed E-state index contributed by atoms with van der Waals surface area (Å²) in [6.07, 6.45) is -5.20. The number of halogens is 3. The molecule has 0 unspecified atom stereocenters. The minimum atomic E-state index is -4.16. The first kappa shape index (κ1) is 11.0. The van der Waals surface area contributed by atoms with Gasteiger partial charge in [0.15, 0.2) is 0 Å². The maximum atomic E-state index is 11.9. The van der Waals surface area contributed by atoms with Gasteiger partial charge in [-0.2, -0.15) is 13.2 Å². The first-order valence-corrected chi connectivity index (χ1v) is 4.08. The van der Waals surface area contributed by atoms with Crippen molar-refractivity contribution in [2.75, 3.05) is 0 Å². The van der Waals surface area contributed by atoms with Crippen LogP contribution in [0.4, 0.5) is 13.2 Å². The van der Waals surface area contributed by atoms with Crippen molar-refractivity contribution in [3.8, 4) is 0 Å². The lowest BCUT2D eigenvalue weighted by atomic mass is 10.3. The molecule has 1 aromatic rings. The predicted molar refractivity (Wildman–Crippen MR) is 43.3 cm³/mol. The van der Waals surface area contributed by atoms with Crippen LogP contribution in [0.2, 0.25) is 0 Å². The summed E-state index contributed by atoms with van der Waals surface area (Å²) in [7, 11) is 1.61. The fraction of sp³-hybridized carbons (Fsp3) is 0.714. The van der Waals surface area contributed by atoms with E-state index in [0.717, 1.165) is 0 Å². The third-order valence-corrected chi connectivity index (χ3v) is 1.87. The molecule has 0 radical (unpaired) electrons. The van der Waals surface area contributed by atoms with Crippen molar-refractivity contribution in [1.29, 1.82) is 0 Å². The summed E-state index contributed by atoms with van der Waals surface area (Å²) < 4.78 is 37.1. The largest absolute Gasteiger partial charge is 0.389 e. The molecular formula is C7H11F3N4. The lowest BCUT2D eigenvalue weighted by Gasteiger charge is -2.05. The molecule has 0 aromatic carbocycles. The molecule has 0 amide bonds. The molecule has 7 heteroatoms. The van der Waals surface area contributed by atoms with Crippen molar-refractivity contribution >= 4 is 0 Å². The molecule has 0 bridgehead atoms. The van der Waals surface area contributed by atoms with E-state index in [2.05, 4.69) is 10.2 Å². The van der Waals surface area contributed by atoms with Crippen LogP contribution in [-0.2, 0) is 20.0 Å². The molecule has 0 atom stereocenters. The highest BCUT2D eigenvalue weighted by molar-refractivity contribution is 4.94. The Morgan fingerprint density at radius 1 is 1.29 bits per heavy atom. The van der Waals surface area contributed by atoms with Crippen molar-refractivity contribution in [3.05, 3.63) is 11.6 Å². The number of aromatic nitrogens is 3. The van der Waals surface area contributed by atoms with E-state index in [-0.39, 0.29) is 13.0 Å². The standard InChI is InChI=1S/C7H11F3N4/c1-14-5(2-3-7(8,9)10)12-13-6(14)4-11/h2-4,11H2,1H3. The van der Waals surface area contributed by atoms with Gasteiger partial charge in [0, 0.05) is 13.5 Å². The second-order valence-electron chi connectivity index (χ2n) is 2.91. The lowest BCUT2D eigenvalue weighted by molar-refractivity contribution is -0.134. The highest BCUT2D eigenvalue weighted by atomic mass is 19.4. The van der Waals surface area contributed by atoms with Gasteiger partial charge in [0.25, 0.3) is 0 Å². The quantitative estimate of drug-likeness (QED) is 0.798. The number of nitrogens with two attached hydrogens (primary N) is 1. The summed E-state index contributed by atoms with van der Waals surface area (Å²) in [4.78, 5) is 0. The first-order chi connectivity index (χ1) is 6.44. The van der Waals surface area contributed by atoms with E-state index in [9.17, 15) is 13.2 Å². The van der Waals surface area contributed by atoms with Crippen LogP contribution < -0.4 is 5.73 Å². The molecular weight excluding hydrogens is 197 g/mol. The summed E-state index contributed by atoms with van der Waals surface area (Å²) in [6.45, 7) is 0.176. The molecule has 1 heterocycles. The number of hydrogen-bond donors (Lipinski definition) is 1. The molecule has 1 rings (SSSR count). The van der Waals surface area contributed by atoms with Crippen LogP contribution >= 0.6 is 0 Å². The molecule has 0 aliphatic rings. The van der Waals surface area contributed by atoms with Gasteiger partial charge in [0.2, 0.25) is 0 Å². The van der Waals surface area contributed by atoms with Gasteiger partial charge in [-0.15, -0.1) is 10.2 Å². The van der Waals surface area contributed by atoms with Crippen molar-refractivity contribution in [2.45, 2.75) is 25.6 Å². The van der Waals surface area contributed by atoms with E-state index >= 15 is 0 Å². The Morgan fingerprint density at radius 3 is 2.29 bits per heavy atom. The van der Waals surface area contributed by atoms with Crippen LogP contribution in [0.3, 0.4) is 0 Å². The predicted octanol–water partition coefficient (Wildman–Crippen LogP) is 0.769. The topological polar surface area (TPSA) is 56.7 Å². The summed E-state index contributed by atoms with van der Waals surface area (Å²) in [5.41, 5.74) is 5.30. The van der Waals surface area contributed by atoms with Gasteiger partial charge in [-0.1, -0.05) is 0 Å². The van der Waals surface area contributed by atoms with E-state index in [1.807, 2.05) is 0 Å². The molecule has 1 aromatic heterocycles. The van der Waals surface area contributed by atoms with Crippen LogP contribution in [0, 0.1) is 0 Å². The molecule has 14 heavy (non-hydrogen) atoms. The highest BCUT2D eigenvalue weighted by Crippen LogP contribution is 2.21. The molecule has 0 saturated heterocycles. The smallest absolute Gasteiger partial charge is 0.324 e. The Balaban J connectivity index is 2.64. The zero-order chi connectivity index (χ0) is 10.8. The Morgan fingerprint density at radius 2 is 1.86 bits per heavy atom. The first-order valence-electron chi connectivity index (χ1n) is 4.08. The van der Waals surface area contributed by atoms with Crippen LogP contribution in [-0.4, -0.2) is 20.9 Å². The SMILES string of the molecule is Cn1c(CN)nnc1CCC(F)(F)F. The third-order valence-electron chi connectivity index (χ3n) is 1.87. The van der Waals surface area contributed by atoms with E-state index < -0.39 is 12.6 Å². The lowest BCUT2D eigenvalue weighted by Crippen LogP contribution is -2.12. The highest BCUT2D eigenvalue weighted by Gasteiger charge is 2.27. The van der Waals surface area contributed by atoms with Gasteiger partial charge >= 0.3 is 6.18 Å². The Bertz CT molecular complexity index is 304. The number of rotatable bonds is 3. The van der Waals surface area contributed by atoms with Gasteiger partial charge in [-0.25, -0.2) is 0 Å². The molecule has 0 aliphatic heterocycles. The van der Waals surface area contributed by atoms with E-state index in [0.29, 0.717) is 11.6 Å². The van der Waals surface area contributed by atoms with Gasteiger partial charge in [-0.3, -0.25) is 0 Å². The van der Waals surface area contributed by atoms with Crippen molar-refractivity contribution in [2.24, 2.45) is 12.8 Å². The second kappa shape index (κ2) is 3.95. The average molecular weight is 208 g/mol. The molecule has 0 fully saturated rings. The summed E-state index contributed by atoms with van der Waals surface area (Å²) >= 11 is 0. The second-order valence-corrected chi connectivity index (χ2v) is 2.91. The molecule has 2 N–H and O–H groups in total. The van der Waals surface area contributed by atoms with E-state index in [1.54, 1.807) is 7.05 Å². The molecule has 0 saturated carbocycles. The zero-order valence-corrected chi connectivity index (χ0v) is 7.67. The number of aryl methyl sites for hydroxylation is 1. The average Bonchev–Trinajstić information content (AvgIpc) is 2.42. The van der Waals surface area contributed by atoms with Gasteiger partial charge in [0.1, 0.15) is 11.6 Å². The number of nitrogens with zero attached hydrogens (tertiary/aromatic N) is 3. The van der Waals surface area contributed by atoms with Gasteiger partial charge in [0.05, 0.1) is 13.0 Å². The van der Waals surface area contributed by atoms with Gasteiger partial charge in [-0.05, 0) is 0 Å². The van der Waals surface area contributed by atoms with Crippen LogP contribution in [0.15, 0.2) is 0 Å². The van der Waals surface area contributed by atoms with E-state index in [1.165, 1.54) is 4.57 Å². The summed E-state index contributed by atoms with van der Waals surface area (Å²) in [5, 5.41) is 7.28. The van der Waals surface area contributed by atoms with Crippen molar-refractivity contribution in [3.63, 3.8) is 0 Å². The Kier molecular flexibility index (Phi) is 3.10. The number of alkyl halides is 3. The third kappa shape index (κ3) is 2.69. The van der Waals surface area contributed by atoms with Crippen molar-refractivity contribution in [1.82, 2.24) is 14.8 Å². The van der Waals surface area contributed by atoms with Crippen LogP contribution in [0.5, 0.6) is 0 Å². The molecule has 0 spiro atoms. The summed E-state index contributed by atoms with van der Waals surface area (Å²) in [6, 6.07) is 0. The monoisotopic (exact) mass is 208 g/mol. The summed E-state index contributed by atoms with van der Waals surface area (Å²) in [5.74, 6) is 0.796.